The van der Waals surface area contributed by atoms with Crippen molar-refractivity contribution in [1.29, 1.82) is 0 Å². The number of rotatable bonds is 6. The number of aromatic hydroxyl groups is 1. The number of hydrogen-bond acceptors (Lipinski definition) is 4. The molecule has 90 valence electrons. The van der Waals surface area contributed by atoms with Crippen LogP contribution in [-0.2, 0) is 6.54 Å². The minimum atomic E-state index is 0.219. The number of hydrogen-bond donors (Lipinski definition) is 3. The van der Waals surface area contributed by atoms with E-state index in [-0.39, 0.29) is 12.4 Å². The molecule has 0 saturated heterocycles. The maximum Gasteiger partial charge on any atom is 0.138 e. The zero-order valence-electron chi connectivity index (χ0n) is 9.90. The molecule has 0 amide bonds. The SMILES string of the molecule is Cc1ccc(O)c(CNCC(C)CCO)n1. The first-order valence-electron chi connectivity index (χ1n) is 5.60. The molecule has 16 heavy (non-hydrogen) atoms. The molecule has 0 spiro atoms. The van der Waals surface area contributed by atoms with Crippen molar-refractivity contribution in [2.75, 3.05) is 13.2 Å². The van der Waals surface area contributed by atoms with Gasteiger partial charge in [-0.3, -0.25) is 4.98 Å². The van der Waals surface area contributed by atoms with Gasteiger partial charge in [0.05, 0.1) is 5.69 Å². The summed E-state index contributed by atoms with van der Waals surface area (Å²) >= 11 is 0. The van der Waals surface area contributed by atoms with Gasteiger partial charge in [-0.15, -0.1) is 0 Å². The van der Waals surface area contributed by atoms with E-state index in [1.165, 1.54) is 0 Å². The molecule has 0 fully saturated rings. The second-order valence-corrected chi connectivity index (χ2v) is 4.17. The number of pyridine rings is 1. The minimum absolute atomic E-state index is 0.219. The summed E-state index contributed by atoms with van der Waals surface area (Å²) in [7, 11) is 0. The third-order valence-corrected chi connectivity index (χ3v) is 2.50. The molecule has 4 heteroatoms. The number of aliphatic hydroxyl groups is 1. The molecule has 0 aliphatic carbocycles. The Kier molecular flexibility index (Phi) is 5.22. The lowest BCUT2D eigenvalue weighted by Crippen LogP contribution is -2.22. The van der Waals surface area contributed by atoms with E-state index in [9.17, 15) is 5.11 Å². The Labute approximate surface area is 96.3 Å². The average molecular weight is 224 g/mol. The van der Waals surface area contributed by atoms with Gasteiger partial charge < -0.3 is 15.5 Å². The van der Waals surface area contributed by atoms with Crippen LogP contribution >= 0.6 is 0 Å². The maximum atomic E-state index is 9.56. The fraction of sp³-hybridized carbons (Fsp3) is 0.583. The summed E-state index contributed by atoms with van der Waals surface area (Å²) in [6.45, 7) is 5.57. The number of aromatic nitrogens is 1. The fourth-order valence-electron chi connectivity index (χ4n) is 1.49. The molecule has 1 atom stereocenters. The standard InChI is InChI=1S/C12H20N2O2/c1-9(5-6-15)7-13-8-11-12(16)4-3-10(2)14-11/h3-4,9,13,15-16H,5-8H2,1-2H3. The molecule has 0 bridgehead atoms. The van der Waals surface area contributed by atoms with Crippen molar-refractivity contribution < 1.29 is 10.2 Å². The van der Waals surface area contributed by atoms with E-state index in [1.807, 2.05) is 6.92 Å². The van der Waals surface area contributed by atoms with Gasteiger partial charge in [-0.2, -0.15) is 0 Å². The van der Waals surface area contributed by atoms with Crippen LogP contribution in [0.5, 0.6) is 5.75 Å². The number of aliphatic hydroxyl groups excluding tert-OH is 1. The Morgan fingerprint density at radius 3 is 2.88 bits per heavy atom. The molecule has 0 radical (unpaired) electrons. The van der Waals surface area contributed by atoms with Gasteiger partial charge in [-0.1, -0.05) is 6.92 Å². The van der Waals surface area contributed by atoms with Crippen LogP contribution in [0.25, 0.3) is 0 Å². The maximum absolute atomic E-state index is 9.56. The van der Waals surface area contributed by atoms with Crippen LogP contribution in [0.1, 0.15) is 24.7 Å². The van der Waals surface area contributed by atoms with Gasteiger partial charge in [-0.25, -0.2) is 0 Å². The number of aryl methyl sites for hydroxylation is 1. The largest absolute Gasteiger partial charge is 0.506 e. The van der Waals surface area contributed by atoms with E-state index in [2.05, 4.69) is 17.2 Å². The van der Waals surface area contributed by atoms with E-state index in [0.717, 1.165) is 18.7 Å². The Morgan fingerprint density at radius 2 is 2.19 bits per heavy atom. The second kappa shape index (κ2) is 6.45. The van der Waals surface area contributed by atoms with Gasteiger partial charge in [0.15, 0.2) is 0 Å². The predicted octanol–water partition coefficient (Wildman–Crippen LogP) is 1.20. The second-order valence-electron chi connectivity index (χ2n) is 4.17. The van der Waals surface area contributed by atoms with Gasteiger partial charge in [0.25, 0.3) is 0 Å². The van der Waals surface area contributed by atoms with E-state index in [0.29, 0.717) is 18.2 Å². The summed E-state index contributed by atoms with van der Waals surface area (Å²) in [5.74, 6) is 0.657. The normalized spacial score (nSPS) is 12.7. The first-order valence-corrected chi connectivity index (χ1v) is 5.60. The van der Waals surface area contributed by atoms with Crippen molar-refractivity contribution in [3.63, 3.8) is 0 Å². The molecule has 3 N–H and O–H groups in total. The number of nitrogens with one attached hydrogen (secondary N) is 1. The first kappa shape index (κ1) is 12.9. The fourth-order valence-corrected chi connectivity index (χ4v) is 1.49. The summed E-state index contributed by atoms with van der Waals surface area (Å²) in [6.07, 6.45) is 0.792. The monoisotopic (exact) mass is 224 g/mol. The van der Waals surface area contributed by atoms with E-state index >= 15 is 0 Å². The Balaban J connectivity index is 2.39. The molecule has 0 aliphatic rings. The molecular weight excluding hydrogens is 204 g/mol. The smallest absolute Gasteiger partial charge is 0.138 e. The van der Waals surface area contributed by atoms with Crippen LogP contribution in [0.4, 0.5) is 0 Å². The molecule has 1 aromatic rings. The van der Waals surface area contributed by atoms with E-state index < -0.39 is 0 Å². The molecule has 1 unspecified atom stereocenters. The first-order chi connectivity index (χ1) is 7.63. The van der Waals surface area contributed by atoms with E-state index in [4.69, 9.17) is 5.11 Å². The van der Waals surface area contributed by atoms with Crippen molar-refractivity contribution in [3.8, 4) is 5.75 Å². The zero-order valence-corrected chi connectivity index (χ0v) is 9.90. The molecular formula is C12H20N2O2. The number of nitrogens with zero attached hydrogens (tertiary/aromatic N) is 1. The van der Waals surface area contributed by atoms with Crippen LogP contribution in [-0.4, -0.2) is 28.3 Å². The van der Waals surface area contributed by atoms with Gasteiger partial charge in [-0.05, 0) is 37.9 Å². The van der Waals surface area contributed by atoms with Crippen LogP contribution in [0.2, 0.25) is 0 Å². The molecule has 0 saturated carbocycles. The lowest BCUT2D eigenvalue weighted by Gasteiger charge is -2.11. The molecule has 1 rings (SSSR count). The Morgan fingerprint density at radius 1 is 1.44 bits per heavy atom. The summed E-state index contributed by atoms with van der Waals surface area (Å²) in [5, 5.41) is 21.5. The highest BCUT2D eigenvalue weighted by molar-refractivity contribution is 5.27. The Bertz CT molecular complexity index is 329. The average Bonchev–Trinajstić information content (AvgIpc) is 2.23. The van der Waals surface area contributed by atoms with Crippen LogP contribution in [0.15, 0.2) is 12.1 Å². The summed E-state index contributed by atoms with van der Waals surface area (Å²) in [6, 6.07) is 3.45. The minimum Gasteiger partial charge on any atom is -0.506 e. The van der Waals surface area contributed by atoms with Crippen molar-refractivity contribution >= 4 is 0 Å². The molecule has 0 aliphatic heterocycles. The van der Waals surface area contributed by atoms with Crippen LogP contribution in [0.3, 0.4) is 0 Å². The third-order valence-electron chi connectivity index (χ3n) is 2.50. The van der Waals surface area contributed by atoms with Crippen LogP contribution < -0.4 is 5.32 Å². The zero-order chi connectivity index (χ0) is 12.0. The molecule has 4 nitrogen and oxygen atoms in total. The summed E-state index contributed by atoms with van der Waals surface area (Å²) in [4.78, 5) is 4.25. The quantitative estimate of drug-likeness (QED) is 0.679. The molecule has 0 aromatic carbocycles. The lowest BCUT2D eigenvalue weighted by molar-refractivity contribution is 0.260. The lowest BCUT2D eigenvalue weighted by atomic mass is 10.1. The van der Waals surface area contributed by atoms with Crippen molar-refractivity contribution in [2.24, 2.45) is 5.92 Å². The summed E-state index contributed by atoms with van der Waals surface area (Å²) < 4.78 is 0. The predicted molar refractivity (Wildman–Crippen MR) is 63.2 cm³/mol. The van der Waals surface area contributed by atoms with Crippen LogP contribution in [0, 0.1) is 12.8 Å². The van der Waals surface area contributed by atoms with Gasteiger partial charge in [0.2, 0.25) is 0 Å². The topological polar surface area (TPSA) is 65.4 Å². The van der Waals surface area contributed by atoms with Crippen molar-refractivity contribution in [2.45, 2.75) is 26.8 Å². The van der Waals surface area contributed by atoms with Crippen molar-refractivity contribution in [1.82, 2.24) is 10.3 Å². The van der Waals surface area contributed by atoms with E-state index in [1.54, 1.807) is 12.1 Å². The summed E-state index contributed by atoms with van der Waals surface area (Å²) in [5.41, 5.74) is 1.58. The van der Waals surface area contributed by atoms with Crippen molar-refractivity contribution in [3.05, 3.63) is 23.5 Å². The molecule has 1 aromatic heterocycles. The third kappa shape index (κ3) is 4.16. The van der Waals surface area contributed by atoms with Gasteiger partial charge >= 0.3 is 0 Å². The Hall–Kier alpha value is -1.13. The molecule has 1 heterocycles. The highest BCUT2D eigenvalue weighted by Gasteiger charge is 2.04. The van der Waals surface area contributed by atoms with Gasteiger partial charge in [0.1, 0.15) is 5.75 Å². The highest BCUT2D eigenvalue weighted by Crippen LogP contribution is 2.14. The van der Waals surface area contributed by atoms with Gasteiger partial charge in [0, 0.05) is 18.8 Å². The highest BCUT2D eigenvalue weighted by atomic mass is 16.3.